The van der Waals surface area contributed by atoms with Gasteiger partial charge < -0.3 is 25.2 Å². The zero-order valence-corrected chi connectivity index (χ0v) is 16.4. The van der Waals surface area contributed by atoms with E-state index in [0.29, 0.717) is 18.3 Å². The Hall–Kier alpha value is -1.22. The molecule has 0 saturated carbocycles. The molecule has 23 heavy (non-hydrogen) atoms. The number of rotatable bonds is 9. The summed E-state index contributed by atoms with van der Waals surface area (Å²) in [6, 6.07) is 5.15. The minimum Gasteiger partial charge on any atom is -0.508 e. The maximum Gasteiger partial charge on any atom is 0.191 e. The molecular formula is C16H28IN3O3. The first-order valence-corrected chi connectivity index (χ1v) is 7.59. The molecular weight excluding hydrogens is 409 g/mol. The third kappa shape index (κ3) is 8.85. The van der Waals surface area contributed by atoms with Gasteiger partial charge in [0.1, 0.15) is 11.5 Å². The summed E-state index contributed by atoms with van der Waals surface area (Å²) in [5.74, 6) is 1.66. The standard InChI is InChI=1S/C16H27N3O3.HI/c1-4-22-10-6-5-9-18-16(17-2)19-12-13-11-14(21-3)7-8-15(13)20;/h7-8,11,20H,4-6,9-10,12H2,1-3H3,(H2,17,18,19);1H. The highest BCUT2D eigenvalue weighted by Crippen LogP contribution is 2.22. The van der Waals surface area contributed by atoms with Crippen LogP contribution in [0.1, 0.15) is 25.3 Å². The highest BCUT2D eigenvalue weighted by atomic mass is 127. The molecule has 0 radical (unpaired) electrons. The van der Waals surface area contributed by atoms with Gasteiger partial charge in [0.25, 0.3) is 0 Å². The number of methoxy groups -OCH3 is 1. The normalized spacial score (nSPS) is 10.8. The third-order valence-corrected chi connectivity index (χ3v) is 3.17. The maximum atomic E-state index is 9.84. The number of aromatic hydroxyl groups is 1. The average molecular weight is 437 g/mol. The Labute approximate surface area is 155 Å². The van der Waals surface area contributed by atoms with Crippen molar-refractivity contribution in [3.05, 3.63) is 23.8 Å². The predicted octanol–water partition coefficient (Wildman–Crippen LogP) is 2.50. The van der Waals surface area contributed by atoms with Crippen LogP contribution >= 0.6 is 24.0 Å². The number of nitrogens with zero attached hydrogens (tertiary/aromatic N) is 1. The van der Waals surface area contributed by atoms with Crippen molar-refractivity contribution in [3.8, 4) is 11.5 Å². The van der Waals surface area contributed by atoms with Gasteiger partial charge in [0.15, 0.2) is 5.96 Å². The van der Waals surface area contributed by atoms with E-state index >= 15 is 0 Å². The van der Waals surface area contributed by atoms with Crippen LogP contribution in [0.5, 0.6) is 11.5 Å². The van der Waals surface area contributed by atoms with E-state index in [0.717, 1.165) is 38.2 Å². The van der Waals surface area contributed by atoms with Gasteiger partial charge >= 0.3 is 0 Å². The first kappa shape index (κ1) is 21.8. The van der Waals surface area contributed by atoms with Crippen LogP contribution in [0.25, 0.3) is 0 Å². The Morgan fingerprint density at radius 1 is 1.26 bits per heavy atom. The largest absolute Gasteiger partial charge is 0.508 e. The van der Waals surface area contributed by atoms with Crippen molar-refractivity contribution in [1.82, 2.24) is 10.6 Å². The van der Waals surface area contributed by atoms with Crippen LogP contribution in [-0.4, -0.2) is 45.0 Å². The topological polar surface area (TPSA) is 75.1 Å². The Morgan fingerprint density at radius 3 is 2.70 bits per heavy atom. The number of hydrogen-bond acceptors (Lipinski definition) is 4. The molecule has 1 aromatic carbocycles. The van der Waals surface area contributed by atoms with Crippen LogP contribution in [0.2, 0.25) is 0 Å². The molecule has 0 atom stereocenters. The van der Waals surface area contributed by atoms with Gasteiger partial charge in [-0.05, 0) is 38.0 Å². The fraction of sp³-hybridized carbons (Fsp3) is 0.562. The van der Waals surface area contributed by atoms with E-state index < -0.39 is 0 Å². The van der Waals surface area contributed by atoms with E-state index in [4.69, 9.17) is 9.47 Å². The van der Waals surface area contributed by atoms with Crippen molar-refractivity contribution in [1.29, 1.82) is 0 Å². The molecule has 0 bridgehead atoms. The number of halogens is 1. The van der Waals surface area contributed by atoms with E-state index in [1.54, 1.807) is 32.4 Å². The number of phenolic OH excluding ortho intramolecular Hbond substituents is 1. The van der Waals surface area contributed by atoms with E-state index in [-0.39, 0.29) is 29.7 Å². The second-order valence-corrected chi connectivity index (χ2v) is 4.75. The SMILES string of the molecule is CCOCCCCNC(=NC)NCc1cc(OC)ccc1O.I. The summed E-state index contributed by atoms with van der Waals surface area (Å²) in [6.07, 6.45) is 2.04. The molecule has 3 N–H and O–H groups in total. The number of nitrogens with one attached hydrogen (secondary N) is 2. The molecule has 0 aromatic heterocycles. The van der Waals surface area contributed by atoms with Crippen LogP contribution in [0.4, 0.5) is 0 Å². The smallest absolute Gasteiger partial charge is 0.191 e. The number of unbranched alkanes of at least 4 members (excludes halogenated alkanes) is 1. The summed E-state index contributed by atoms with van der Waals surface area (Å²) >= 11 is 0. The molecule has 0 spiro atoms. The molecule has 0 aliphatic rings. The van der Waals surface area contributed by atoms with Gasteiger partial charge in [-0.3, -0.25) is 4.99 Å². The minimum absolute atomic E-state index is 0. The molecule has 0 amide bonds. The van der Waals surface area contributed by atoms with Gasteiger partial charge in [-0.1, -0.05) is 0 Å². The zero-order valence-electron chi connectivity index (χ0n) is 14.1. The first-order chi connectivity index (χ1) is 10.7. The number of guanidine groups is 1. The molecule has 7 heteroatoms. The van der Waals surface area contributed by atoms with Crippen molar-refractivity contribution < 1.29 is 14.6 Å². The Bertz CT molecular complexity index is 470. The number of phenols is 1. The lowest BCUT2D eigenvalue weighted by Gasteiger charge is -2.13. The van der Waals surface area contributed by atoms with E-state index in [1.165, 1.54) is 0 Å². The van der Waals surface area contributed by atoms with Gasteiger partial charge in [0, 0.05) is 38.9 Å². The third-order valence-electron chi connectivity index (χ3n) is 3.17. The van der Waals surface area contributed by atoms with Crippen molar-refractivity contribution in [3.63, 3.8) is 0 Å². The van der Waals surface area contributed by atoms with Crippen LogP contribution in [0, 0.1) is 0 Å². The second-order valence-electron chi connectivity index (χ2n) is 4.75. The number of ether oxygens (including phenoxy) is 2. The fourth-order valence-electron chi connectivity index (χ4n) is 1.91. The minimum atomic E-state index is 0. The Morgan fingerprint density at radius 2 is 2.04 bits per heavy atom. The first-order valence-electron chi connectivity index (χ1n) is 7.59. The second kappa shape index (κ2) is 13.2. The molecule has 0 aliphatic carbocycles. The van der Waals surface area contributed by atoms with Crippen LogP contribution in [0.3, 0.4) is 0 Å². The number of benzene rings is 1. The molecule has 0 heterocycles. The molecule has 132 valence electrons. The lowest BCUT2D eigenvalue weighted by molar-refractivity contribution is 0.143. The predicted molar refractivity (Wildman–Crippen MR) is 104 cm³/mol. The molecule has 0 fully saturated rings. The Kier molecular flexibility index (Phi) is 12.5. The highest BCUT2D eigenvalue weighted by Gasteiger charge is 2.04. The van der Waals surface area contributed by atoms with Crippen molar-refractivity contribution >= 4 is 29.9 Å². The van der Waals surface area contributed by atoms with E-state index in [1.807, 2.05) is 6.92 Å². The molecule has 0 saturated heterocycles. The van der Waals surface area contributed by atoms with Gasteiger partial charge in [-0.2, -0.15) is 0 Å². The van der Waals surface area contributed by atoms with Crippen LogP contribution in [0.15, 0.2) is 23.2 Å². The maximum absolute atomic E-state index is 9.84. The molecule has 0 aliphatic heterocycles. The monoisotopic (exact) mass is 437 g/mol. The van der Waals surface area contributed by atoms with E-state index in [9.17, 15) is 5.11 Å². The molecule has 1 rings (SSSR count). The summed E-state index contributed by atoms with van der Waals surface area (Å²) in [7, 11) is 3.33. The van der Waals surface area contributed by atoms with Crippen LogP contribution < -0.4 is 15.4 Å². The summed E-state index contributed by atoms with van der Waals surface area (Å²) in [6.45, 7) is 4.86. The summed E-state index contributed by atoms with van der Waals surface area (Å²) in [5, 5.41) is 16.3. The number of aliphatic imine (C=N–C) groups is 1. The summed E-state index contributed by atoms with van der Waals surface area (Å²) in [5.41, 5.74) is 0.763. The summed E-state index contributed by atoms with van der Waals surface area (Å²) < 4.78 is 10.5. The van der Waals surface area contributed by atoms with Gasteiger partial charge in [0.2, 0.25) is 0 Å². The lowest BCUT2D eigenvalue weighted by atomic mass is 10.2. The van der Waals surface area contributed by atoms with Gasteiger partial charge in [0.05, 0.1) is 7.11 Å². The molecule has 6 nitrogen and oxygen atoms in total. The quantitative estimate of drug-likeness (QED) is 0.240. The van der Waals surface area contributed by atoms with Gasteiger partial charge in [-0.15, -0.1) is 24.0 Å². The average Bonchev–Trinajstić information content (AvgIpc) is 2.55. The molecule has 0 unspecified atom stereocenters. The fourth-order valence-corrected chi connectivity index (χ4v) is 1.91. The van der Waals surface area contributed by atoms with Crippen LogP contribution in [-0.2, 0) is 11.3 Å². The molecule has 1 aromatic rings. The van der Waals surface area contributed by atoms with Crippen molar-refractivity contribution in [2.24, 2.45) is 4.99 Å². The zero-order chi connectivity index (χ0) is 16.2. The Balaban J connectivity index is 0.00000484. The van der Waals surface area contributed by atoms with Crippen molar-refractivity contribution in [2.45, 2.75) is 26.3 Å². The lowest BCUT2D eigenvalue weighted by Crippen LogP contribution is -2.37. The summed E-state index contributed by atoms with van der Waals surface area (Å²) in [4.78, 5) is 4.16. The number of hydrogen-bond donors (Lipinski definition) is 3. The van der Waals surface area contributed by atoms with E-state index in [2.05, 4.69) is 15.6 Å². The van der Waals surface area contributed by atoms with Gasteiger partial charge in [-0.25, -0.2) is 0 Å². The van der Waals surface area contributed by atoms with Crippen molar-refractivity contribution in [2.75, 3.05) is 33.9 Å². The highest BCUT2D eigenvalue weighted by molar-refractivity contribution is 14.0.